The largest absolute Gasteiger partial charge is 0.422 e. The van der Waals surface area contributed by atoms with Gasteiger partial charge in [-0.05, 0) is 105 Å². The van der Waals surface area contributed by atoms with E-state index >= 15 is 0 Å². The summed E-state index contributed by atoms with van der Waals surface area (Å²) in [6, 6.07) is 38.3. The van der Waals surface area contributed by atoms with E-state index in [2.05, 4.69) is 4.98 Å². The highest BCUT2D eigenvalue weighted by atomic mass is 32.2. The normalized spacial score (nSPS) is 18.4. The van der Waals surface area contributed by atoms with E-state index in [1.54, 1.807) is 34.9 Å². The van der Waals surface area contributed by atoms with Gasteiger partial charge in [0, 0.05) is 58.8 Å². The van der Waals surface area contributed by atoms with Crippen LogP contribution in [-0.2, 0) is 0 Å². The van der Waals surface area contributed by atoms with Gasteiger partial charge in [-0.1, -0.05) is 134 Å². The summed E-state index contributed by atoms with van der Waals surface area (Å²) in [6.07, 6.45) is 1.60. The summed E-state index contributed by atoms with van der Waals surface area (Å²) in [5.41, 5.74) is 5.98. The molecular weight excluding hydrogens is 757 g/mol. The van der Waals surface area contributed by atoms with E-state index in [0.29, 0.717) is 33.4 Å². The molecule has 10 aromatic rings. The first-order valence-electron chi connectivity index (χ1n) is 26.4. The number of nitrogens with zero attached hydrogens (tertiary/aromatic N) is 4. The van der Waals surface area contributed by atoms with Gasteiger partial charge in [-0.15, -0.1) is 0 Å². The number of hydrogen-bond acceptors (Lipinski definition) is 5. The third-order valence-corrected chi connectivity index (χ3v) is 15.6. The van der Waals surface area contributed by atoms with Crippen LogP contribution in [0.3, 0.4) is 0 Å². The van der Waals surface area contributed by atoms with Gasteiger partial charge < -0.3 is 4.42 Å². The zero-order valence-electron chi connectivity index (χ0n) is 45.9. The number of imidazole rings is 1. The van der Waals surface area contributed by atoms with Gasteiger partial charge >= 0.3 is 5.84 Å². The summed E-state index contributed by atoms with van der Waals surface area (Å²) in [4.78, 5) is 14.6. The number of fused-ring (bicyclic) bond motifs is 15. The summed E-state index contributed by atoms with van der Waals surface area (Å²) in [7, 11) is -5.43. The molecule has 0 spiro atoms. The quantitative estimate of drug-likeness (QED) is 0.163. The first-order valence-corrected chi connectivity index (χ1v) is 21.8. The average molecular weight is 810 g/mol. The number of para-hydroxylation sites is 2. The Morgan fingerprint density at radius 2 is 1.22 bits per heavy atom. The Kier molecular flexibility index (Phi) is 4.77. The van der Waals surface area contributed by atoms with E-state index in [4.69, 9.17) is 26.7 Å². The molecule has 0 atom stereocenters. The molecule has 0 fully saturated rings. The van der Waals surface area contributed by atoms with Crippen LogP contribution in [0.15, 0.2) is 154 Å². The van der Waals surface area contributed by atoms with Gasteiger partial charge in [-0.3, -0.25) is 4.40 Å². The minimum absolute atomic E-state index is 0.0523. The topological polar surface area (TPSA) is 56.2 Å². The third kappa shape index (κ3) is 4.89. The highest BCUT2D eigenvalue weighted by Gasteiger charge is 2.38. The van der Waals surface area contributed by atoms with Gasteiger partial charge in [-0.25, -0.2) is 9.97 Å². The average Bonchev–Trinajstić information content (AvgIpc) is 3.90. The molecule has 0 amide bonds. The van der Waals surface area contributed by atoms with Crippen molar-refractivity contribution in [2.45, 2.75) is 43.3 Å². The van der Waals surface area contributed by atoms with Gasteiger partial charge in [-0.2, -0.15) is 4.98 Å². The van der Waals surface area contributed by atoms with Gasteiger partial charge in [0.25, 0.3) is 0 Å². The van der Waals surface area contributed by atoms with Crippen LogP contribution in [0, 0.1) is 20.6 Å². The van der Waals surface area contributed by atoms with Crippen LogP contribution in [0.4, 0.5) is 0 Å². The monoisotopic (exact) mass is 809 g/mol. The summed E-state index contributed by atoms with van der Waals surface area (Å²) < 4.78 is 144. The van der Waals surface area contributed by atoms with Crippen LogP contribution >= 0.6 is 11.8 Å². The fourth-order valence-corrected chi connectivity index (χ4v) is 13.0. The van der Waals surface area contributed by atoms with Crippen molar-refractivity contribution in [3.63, 3.8) is 0 Å². The van der Waals surface area contributed by atoms with Gasteiger partial charge in [0.2, 0.25) is 0 Å². The lowest BCUT2D eigenvalue weighted by Crippen LogP contribution is -2.56. The van der Waals surface area contributed by atoms with E-state index in [-0.39, 0.29) is 65.2 Å². The predicted octanol–water partition coefficient (Wildman–Crippen LogP) is 12.6. The Labute approximate surface area is 368 Å². The predicted molar refractivity (Wildman–Crippen MR) is 246 cm³/mol. The van der Waals surface area contributed by atoms with E-state index in [0.717, 1.165) is 39.6 Å². The Morgan fingerprint density at radius 1 is 0.576 bits per heavy atom. The first kappa shape index (κ1) is 22.6. The summed E-state index contributed by atoms with van der Waals surface area (Å²) in [6.45, 7) is -15.5. The van der Waals surface area contributed by atoms with Crippen LogP contribution < -0.4 is 10.4 Å². The van der Waals surface area contributed by atoms with Crippen LogP contribution in [-0.4, -0.2) is 27.4 Å². The van der Waals surface area contributed by atoms with E-state index < -0.39 is 47.1 Å². The summed E-state index contributed by atoms with van der Waals surface area (Å²) >= 11 is 0.839. The minimum Gasteiger partial charge on any atom is -0.422 e. The fourth-order valence-electron chi connectivity index (χ4n) is 8.87. The molecule has 0 radical (unpaired) electrons. The molecule has 0 saturated carbocycles. The molecule has 1 aliphatic carbocycles. The first-order chi connectivity index (χ1) is 34.9. The number of aryl methyl sites for hydroxylation is 3. The second-order valence-corrected chi connectivity index (χ2v) is 18.5. The van der Waals surface area contributed by atoms with Gasteiger partial charge in [0.15, 0.2) is 11.4 Å². The molecule has 4 heterocycles. The van der Waals surface area contributed by atoms with E-state index in [9.17, 15) is 8.22 Å². The van der Waals surface area contributed by atoms with Crippen molar-refractivity contribution in [1.29, 1.82) is 0 Å². The lowest BCUT2D eigenvalue weighted by atomic mass is 9.83. The van der Waals surface area contributed by atoms with Crippen molar-refractivity contribution in [1.82, 2.24) is 19.4 Å². The zero-order chi connectivity index (χ0) is 52.2. The van der Waals surface area contributed by atoms with Crippen molar-refractivity contribution in [2.24, 2.45) is 0 Å². The maximum absolute atomic E-state index is 9.43. The van der Waals surface area contributed by atoms with E-state index in [1.165, 1.54) is 36.4 Å². The Morgan fingerprint density at radius 3 is 1.95 bits per heavy atom. The lowest BCUT2D eigenvalue weighted by Gasteiger charge is -2.35. The molecule has 0 N–H and O–H groups in total. The standard InChI is InChI=1S/C52H38N4OSSi/c1-29-22-24-42-49(57-52-54-40-20-12-13-21-41(40)56(42)52)46(29)38-27-45-43(26-31(38)3)58-50-44(59(45,4)5)25-23-30(2)47(50)51-53-28-39-36-18-9-8-16-34(36)32-14-6-7-15-33(32)35-17-10-11-19-37(35)48(39)55-51/h6-28H,1-5H3/i1D3,2D3,3D3,4D3,5D3. The number of oxazole rings is 1. The lowest BCUT2D eigenvalue weighted by molar-refractivity contribution is 0.644. The van der Waals surface area contributed by atoms with Crippen molar-refractivity contribution in [2.75, 3.05) is 0 Å². The molecule has 1 aliphatic heterocycles. The van der Waals surface area contributed by atoms with Crippen molar-refractivity contribution >= 4 is 58.2 Å². The fraction of sp³-hybridized carbons (Fsp3) is 0.0962. The highest BCUT2D eigenvalue weighted by molar-refractivity contribution is 8.00. The molecule has 0 bridgehead atoms. The molecule has 7 heteroatoms. The smallest absolute Gasteiger partial charge is 0.307 e. The molecule has 5 nitrogen and oxygen atoms in total. The Balaban J connectivity index is 1.17. The molecule has 59 heavy (non-hydrogen) atoms. The molecule has 12 rings (SSSR count). The molecule has 0 saturated heterocycles. The SMILES string of the molecule is [2H]C([2H])([2H])c1cc2c(cc1-c1c(C([2H])([2H])[2H])ccc3c1oc1nc4ccccc4n13)[Si](C([2H])([2H])[2H])(C([2H])([2H])[2H])c1ccc(C([2H])([2H])[2H])c(-c3ncc4c(n3)-c3ccccc3-c3ccccc3-c3ccccc3-4)c1S2. The number of rotatable bonds is 2. The zero-order valence-corrected chi connectivity index (χ0v) is 32.7. The van der Waals surface area contributed by atoms with Crippen molar-refractivity contribution < 1.29 is 25.0 Å². The molecule has 3 aromatic heterocycles. The third-order valence-electron chi connectivity index (χ3n) is 11.6. The van der Waals surface area contributed by atoms with Crippen LogP contribution in [0.25, 0.3) is 95.1 Å². The maximum Gasteiger partial charge on any atom is 0.307 e. The number of aromatic nitrogens is 4. The van der Waals surface area contributed by atoms with Crippen LogP contribution in [0.2, 0.25) is 13.0 Å². The van der Waals surface area contributed by atoms with Crippen molar-refractivity contribution in [3.8, 4) is 67.2 Å². The second kappa shape index (κ2) is 12.5. The maximum atomic E-state index is 9.43. The number of benzene rings is 7. The van der Waals surface area contributed by atoms with E-state index in [1.807, 2.05) is 72.8 Å². The molecule has 7 aromatic carbocycles. The highest BCUT2D eigenvalue weighted by Crippen LogP contribution is 2.48. The molecular formula is C52H38N4OSSi. The second-order valence-electron chi connectivity index (χ2n) is 14.9. The van der Waals surface area contributed by atoms with Gasteiger partial charge in [0.1, 0.15) is 8.07 Å². The molecule has 2 aliphatic rings. The molecule has 0 unspecified atom stereocenters. The Bertz CT molecular complexity index is 4000. The summed E-state index contributed by atoms with van der Waals surface area (Å²) in [5.74, 6) is -0.0535. The van der Waals surface area contributed by atoms with Crippen LogP contribution in [0.1, 0.15) is 37.3 Å². The van der Waals surface area contributed by atoms with Crippen molar-refractivity contribution in [3.05, 3.63) is 156 Å². The Hall–Kier alpha value is -6.54. The number of hydrogen-bond donors (Lipinski definition) is 0. The molecule has 282 valence electrons. The summed E-state index contributed by atoms with van der Waals surface area (Å²) in [5, 5.41) is -0.387. The van der Waals surface area contributed by atoms with Gasteiger partial charge in [0.05, 0.1) is 22.2 Å². The minimum atomic E-state index is -5.43. The van der Waals surface area contributed by atoms with Crippen LogP contribution in [0.5, 0.6) is 0 Å².